The molecule has 2 heterocycles. The maximum Gasteiger partial charge on any atom is 0.240 e. The second kappa shape index (κ2) is 8.97. The van der Waals surface area contributed by atoms with Crippen molar-refractivity contribution in [2.75, 3.05) is 0 Å². The zero-order valence-electron chi connectivity index (χ0n) is 15.7. The van der Waals surface area contributed by atoms with E-state index >= 15 is 0 Å². The fourth-order valence-electron chi connectivity index (χ4n) is 2.76. The summed E-state index contributed by atoms with van der Waals surface area (Å²) < 4.78 is 33.6. The third-order valence-electron chi connectivity index (χ3n) is 4.31. The highest BCUT2D eigenvalue weighted by atomic mass is 35.5. The van der Waals surface area contributed by atoms with Gasteiger partial charge in [-0.1, -0.05) is 23.7 Å². The molecule has 4 aromatic rings. The van der Waals surface area contributed by atoms with Gasteiger partial charge in [0.1, 0.15) is 11.5 Å². The molecule has 2 aromatic carbocycles. The van der Waals surface area contributed by atoms with E-state index in [-0.39, 0.29) is 11.4 Å². The summed E-state index contributed by atoms with van der Waals surface area (Å²) in [5.41, 5.74) is 2.65. The minimum Gasteiger partial charge on any atom is -0.456 e. The molecule has 30 heavy (non-hydrogen) atoms. The largest absolute Gasteiger partial charge is 0.456 e. The van der Waals surface area contributed by atoms with Crippen LogP contribution in [0.1, 0.15) is 5.56 Å². The summed E-state index contributed by atoms with van der Waals surface area (Å²) in [5, 5.41) is 4.46. The molecule has 0 aliphatic rings. The molecule has 0 spiro atoms. The Morgan fingerprint density at radius 2 is 1.83 bits per heavy atom. The molecule has 4 rings (SSSR count). The Bertz CT molecular complexity index is 1240. The number of nitrogens with one attached hydrogen (secondary N) is 1. The Morgan fingerprint density at radius 3 is 2.57 bits per heavy atom. The standard InChI is InChI=1S/C22H17ClN2O3S2/c23-20-3-1-2-4-22(20)28-18-5-7-19(8-6-18)30(26,27)25-14-16-9-11-24-21(13-16)17-10-12-29-15-17/h1-13,15,25H,14H2. The predicted molar refractivity (Wildman–Crippen MR) is 120 cm³/mol. The van der Waals surface area contributed by atoms with Crippen LogP contribution in [0.2, 0.25) is 5.02 Å². The molecule has 0 amide bonds. The lowest BCUT2D eigenvalue weighted by molar-refractivity contribution is 0.482. The summed E-state index contributed by atoms with van der Waals surface area (Å²) >= 11 is 7.67. The van der Waals surface area contributed by atoms with Gasteiger partial charge in [0.05, 0.1) is 15.6 Å². The molecule has 0 bridgehead atoms. The van der Waals surface area contributed by atoms with Gasteiger partial charge < -0.3 is 4.74 Å². The molecule has 2 aromatic heterocycles. The number of para-hydroxylation sites is 1. The monoisotopic (exact) mass is 456 g/mol. The summed E-state index contributed by atoms with van der Waals surface area (Å²) in [5.74, 6) is 1.00. The normalized spacial score (nSPS) is 11.4. The third-order valence-corrected chi connectivity index (χ3v) is 6.72. The Kier molecular flexibility index (Phi) is 6.15. The molecule has 0 radical (unpaired) electrons. The van der Waals surface area contributed by atoms with Crippen LogP contribution in [-0.4, -0.2) is 13.4 Å². The zero-order chi connectivity index (χ0) is 21.0. The molecule has 152 valence electrons. The second-order valence-electron chi connectivity index (χ2n) is 6.39. The fourth-order valence-corrected chi connectivity index (χ4v) is 4.60. The first-order valence-electron chi connectivity index (χ1n) is 9.01. The van der Waals surface area contributed by atoms with E-state index < -0.39 is 10.0 Å². The van der Waals surface area contributed by atoms with Crippen LogP contribution in [-0.2, 0) is 16.6 Å². The van der Waals surface area contributed by atoms with Gasteiger partial charge in [-0.25, -0.2) is 13.1 Å². The number of pyridine rings is 1. The number of aromatic nitrogens is 1. The quantitative estimate of drug-likeness (QED) is 0.385. The van der Waals surface area contributed by atoms with Gasteiger partial charge in [0.2, 0.25) is 10.0 Å². The van der Waals surface area contributed by atoms with Crippen LogP contribution in [0, 0.1) is 0 Å². The van der Waals surface area contributed by atoms with Gasteiger partial charge in [0.15, 0.2) is 0 Å². The minimum absolute atomic E-state index is 0.154. The molecule has 5 nitrogen and oxygen atoms in total. The van der Waals surface area contributed by atoms with Gasteiger partial charge in [-0.3, -0.25) is 4.98 Å². The summed E-state index contributed by atoms with van der Waals surface area (Å²) in [4.78, 5) is 4.49. The van der Waals surface area contributed by atoms with Crippen LogP contribution in [0.3, 0.4) is 0 Å². The summed E-state index contributed by atoms with van der Waals surface area (Å²) in [6.45, 7) is 0.167. The van der Waals surface area contributed by atoms with Crippen molar-refractivity contribution in [2.24, 2.45) is 0 Å². The van der Waals surface area contributed by atoms with E-state index in [0.29, 0.717) is 16.5 Å². The molecule has 0 saturated heterocycles. The summed E-state index contributed by atoms with van der Waals surface area (Å²) in [6, 6.07) is 18.9. The number of hydrogen-bond acceptors (Lipinski definition) is 5. The van der Waals surface area contributed by atoms with Gasteiger partial charge >= 0.3 is 0 Å². The van der Waals surface area contributed by atoms with E-state index in [1.54, 1.807) is 47.9 Å². The van der Waals surface area contributed by atoms with Crippen LogP contribution >= 0.6 is 22.9 Å². The molecule has 0 aliphatic carbocycles. The van der Waals surface area contributed by atoms with Gasteiger partial charge in [-0.2, -0.15) is 11.3 Å². The highest BCUT2D eigenvalue weighted by Crippen LogP contribution is 2.29. The number of halogens is 1. The SMILES string of the molecule is O=S(=O)(NCc1ccnc(-c2ccsc2)c1)c1ccc(Oc2ccccc2Cl)cc1. The smallest absolute Gasteiger partial charge is 0.240 e. The number of sulfonamides is 1. The molecular weight excluding hydrogens is 440 g/mol. The molecule has 0 fully saturated rings. The van der Waals surface area contributed by atoms with Crippen molar-refractivity contribution in [3.63, 3.8) is 0 Å². The first-order chi connectivity index (χ1) is 14.5. The lowest BCUT2D eigenvalue weighted by Gasteiger charge is -2.10. The van der Waals surface area contributed by atoms with E-state index in [2.05, 4.69) is 9.71 Å². The zero-order valence-corrected chi connectivity index (χ0v) is 18.0. The van der Waals surface area contributed by atoms with Crippen LogP contribution in [0.5, 0.6) is 11.5 Å². The van der Waals surface area contributed by atoms with E-state index in [1.807, 2.05) is 35.0 Å². The van der Waals surface area contributed by atoms with Crippen LogP contribution in [0.4, 0.5) is 0 Å². The average Bonchev–Trinajstić information content (AvgIpc) is 3.30. The number of thiophene rings is 1. The molecule has 0 atom stereocenters. The molecule has 1 N–H and O–H groups in total. The van der Waals surface area contributed by atoms with Gasteiger partial charge in [0.25, 0.3) is 0 Å². The minimum atomic E-state index is -3.67. The topological polar surface area (TPSA) is 68.3 Å². The Hall–Kier alpha value is -2.71. The van der Waals surface area contributed by atoms with Crippen LogP contribution in [0.15, 0.2) is 88.6 Å². The van der Waals surface area contributed by atoms with Crippen molar-refractivity contribution < 1.29 is 13.2 Å². The molecule has 0 unspecified atom stereocenters. The van der Waals surface area contributed by atoms with Gasteiger partial charge in [0, 0.05) is 23.7 Å². The highest BCUT2D eigenvalue weighted by Gasteiger charge is 2.14. The Morgan fingerprint density at radius 1 is 1.03 bits per heavy atom. The van der Waals surface area contributed by atoms with Crippen LogP contribution < -0.4 is 9.46 Å². The number of benzene rings is 2. The van der Waals surface area contributed by atoms with E-state index in [9.17, 15) is 8.42 Å². The van der Waals surface area contributed by atoms with Crippen molar-refractivity contribution >= 4 is 33.0 Å². The number of nitrogens with zero attached hydrogens (tertiary/aromatic N) is 1. The van der Waals surface area contributed by atoms with Gasteiger partial charge in [-0.05, 0) is 65.5 Å². The molecular formula is C22H17ClN2O3S2. The van der Waals surface area contributed by atoms with Crippen LogP contribution in [0.25, 0.3) is 11.3 Å². The fraction of sp³-hybridized carbons (Fsp3) is 0.0455. The summed E-state index contributed by atoms with van der Waals surface area (Å²) in [6.07, 6.45) is 1.68. The highest BCUT2D eigenvalue weighted by molar-refractivity contribution is 7.89. The first kappa shape index (κ1) is 20.6. The lowest BCUT2D eigenvalue weighted by Crippen LogP contribution is -2.23. The van der Waals surface area contributed by atoms with E-state index in [1.165, 1.54) is 12.1 Å². The Balaban J connectivity index is 1.44. The van der Waals surface area contributed by atoms with E-state index in [4.69, 9.17) is 16.3 Å². The Labute approximate surface area is 184 Å². The molecule has 8 heteroatoms. The lowest BCUT2D eigenvalue weighted by atomic mass is 10.1. The second-order valence-corrected chi connectivity index (χ2v) is 9.34. The predicted octanol–water partition coefficient (Wildman–Crippen LogP) is 5.73. The number of rotatable bonds is 7. The third kappa shape index (κ3) is 4.88. The summed E-state index contributed by atoms with van der Waals surface area (Å²) in [7, 11) is -3.67. The van der Waals surface area contributed by atoms with Gasteiger partial charge in [-0.15, -0.1) is 0 Å². The van der Waals surface area contributed by atoms with Crippen molar-refractivity contribution in [3.05, 3.63) is 94.3 Å². The van der Waals surface area contributed by atoms with Crippen molar-refractivity contribution in [1.82, 2.24) is 9.71 Å². The number of hydrogen-bond donors (Lipinski definition) is 1. The van der Waals surface area contributed by atoms with Crippen molar-refractivity contribution in [3.8, 4) is 22.8 Å². The maximum atomic E-state index is 12.7. The number of ether oxygens (including phenoxy) is 1. The van der Waals surface area contributed by atoms with E-state index in [0.717, 1.165) is 16.8 Å². The molecule has 0 aliphatic heterocycles. The van der Waals surface area contributed by atoms with Crippen molar-refractivity contribution in [1.29, 1.82) is 0 Å². The first-order valence-corrected chi connectivity index (χ1v) is 11.8. The average molecular weight is 457 g/mol. The molecule has 0 saturated carbocycles. The maximum absolute atomic E-state index is 12.7. The van der Waals surface area contributed by atoms with Crippen molar-refractivity contribution in [2.45, 2.75) is 11.4 Å².